The van der Waals surface area contributed by atoms with Crippen molar-refractivity contribution in [1.29, 1.82) is 0 Å². The monoisotopic (exact) mass is 459 g/mol. The van der Waals surface area contributed by atoms with Crippen LogP contribution in [0, 0.1) is 5.92 Å². The highest BCUT2D eigenvalue weighted by molar-refractivity contribution is 6.45. The molecule has 3 aliphatic rings. The number of piperidine rings is 1. The van der Waals surface area contributed by atoms with Crippen molar-refractivity contribution in [2.45, 2.75) is 57.9 Å². The van der Waals surface area contributed by atoms with Crippen molar-refractivity contribution in [2.24, 2.45) is 5.92 Å². The summed E-state index contributed by atoms with van der Waals surface area (Å²) in [7, 11) is -0.441. The van der Waals surface area contributed by atoms with Gasteiger partial charge in [0.25, 0.3) is 0 Å². The maximum absolute atomic E-state index is 13.1. The van der Waals surface area contributed by atoms with Gasteiger partial charge in [0.05, 0.1) is 6.04 Å². The molecule has 2 aliphatic heterocycles. The molecule has 0 bridgehead atoms. The van der Waals surface area contributed by atoms with Gasteiger partial charge in [0.2, 0.25) is 5.91 Å². The maximum Gasteiger partial charge on any atom is 0.376 e. The number of nitrogens with zero attached hydrogens (tertiary/aromatic N) is 3. The fourth-order valence-corrected chi connectivity index (χ4v) is 6.36. The minimum absolute atomic E-state index is 0.162. The summed E-state index contributed by atoms with van der Waals surface area (Å²) in [5.41, 5.74) is 5.89. The number of hydrogen-bond acceptors (Lipinski definition) is 4. The zero-order chi connectivity index (χ0) is 23.7. The molecule has 0 saturated carbocycles. The summed E-state index contributed by atoms with van der Waals surface area (Å²) in [5.74, 6) is 0.753. The quantitative estimate of drug-likeness (QED) is 0.710. The molecule has 0 radical (unpaired) electrons. The number of fused-ring (bicyclic) bond motifs is 2. The van der Waals surface area contributed by atoms with Gasteiger partial charge >= 0.3 is 7.05 Å². The van der Waals surface area contributed by atoms with E-state index in [2.05, 4.69) is 65.2 Å². The van der Waals surface area contributed by atoms with Crippen molar-refractivity contribution < 1.29 is 9.82 Å². The molecule has 5 nitrogen and oxygen atoms in total. The Hall–Kier alpha value is -2.15. The summed E-state index contributed by atoms with van der Waals surface area (Å²) in [6.45, 7) is 8.22. The summed E-state index contributed by atoms with van der Waals surface area (Å²) in [5, 5.41) is 9.87. The van der Waals surface area contributed by atoms with Crippen LogP contribution >= 0.6 is 0 Å². The molecule has 1 amide bonds. The average molecular weight is 459 g/mol. The molecule has 2 heterocycles. The van der Waals surface area contributed by atoms with Crippen LogP contribution in [0.5, 0.6) is 0 Å². The van der Waals surface area contributed by atoms with Crippen LogP contribution in [0.4, 0.5) is 0 Å². The first-order chi connectivity index (χ1) is 16.5. The van der Waals surface area contributed by atoms with Gasteiger partial charge in [0, 0.05) is 32.1 Å². The van der Waals surface area contributed by atoms with Crippen LogP contribution in [0.2, 0.25) is 6.82 Å². The lowest BCUT2D eigenvalue weighted by molar-refractivity contribution is -0.136. The van der Waals surface area contributed by atoms with Gasteiger partial charge in [0.15, 0.2) is 0 Å². The van der Waals surface area contributed by atoms with E-state index in [1.165, 1.54) is 22.3 Å². The fourth-order valence-electron chi connectivity index (χ4n) is 6.36. The number of likely N-dealkylation sites (tertiary alicyclic amines) is 1. The summed E-state index contributed by atoms with van der Waals surface area (Å²) >= 11 is 0. The normalized spacial score (nSPS) is 22.7. The standard InChI is InChI=1S/C28H38BN3O2/c1-21-20-31(29(2)34)17-18-32(21)27(33)19-22-13-15-30(16-14-22)28-25-9-5-3-7-23(25)11-12-24-8-4-6-10-26(24)28/h3-10,21-22,28,34H,11-20H2,1-2H3/t21-/m0/s1. The van der Waals surface area contributed by atoms with Gasteiger partial charge < -0.3 is 14.7 Å². The zero-order valence-corrected chi connectivity index (χ0v) is 20.7. The summed E-state index contributed by atoms with van der Waals surface area (Å²) in [4.78, 5) is 19.9. The lowest BCUT2D eigenvalue weighted by Crippen LogP contribution is -2.57. The number of piperazine rings is 1. The molecule has 2 aromatic rings. The van der Waals surface area contributed by atoms with E-state index in [9.17, 15) is 9.82 Å². The molecule has 0 unspecified atom stereocenters. The van der Waals surface area contributed by atoms with Crippen LogP contribution in [-0.4, -0.2) is 71.4 Å². The number of rotatable bonds is 4. The Morgan fingerprint density at radius 2 is 1.53 bits per heavy atom. The zero-order valence-electron chi connectivity index (χ0n) is 20.7. The first kappa shape index (κ1) is 23.6. The highest BCUT2D eigenvalue weighted by atomic mass is 16.2. The topological polar surface area (TPSA) is 47.0 Å². The van der Waals surface area contributed by atoms with Crippen molar-refractivity contribution in [2.75, 3.05) is 32.7 Å². The molecule has 2 saturated heterocycles. The molecular formula is C28H38BN3O2. The molecular weight excluding hydrogens is 421 g/mol. The van der Waals surface area contributed by atoms with Crippen LogP contribution in [0.25, 0.3) is 0 Å². The van der Waals surface area contributed by atoms with Crippen LogP contribution in [0.15, 0.2) is 48.5 Å². The molecule has 2 fully saturated rings. The summed E-state index contributed by atoms with van der Waals surface area (Å²) < 4.78 is 0. The van der Waals surface area contributed by atoms with E-state index in [1.807, 2.05) is 11.7 Å². The third kappa shape index (κ3) is 4.81. The largest absolute Gasteiger partial charge is 0.437 e. The van der Waals surface area contributed by atoms with Crippen molar-refractivity contribution in [1.82, 2.24) is 14.6 Å². The second-order valence-electron chi connectivity index (χ2n) is 10.5. The Morgan fingerprint density at radius 1 is 0.941 bits per heavy atom. The molecule has 180 valence electrons. The predicted octanol–water partition coefficient (Wildman–Crippen LogP) is 3.62. The van der Waals surface area contributed by atoms with Gasteiger partial charge in [-0.3, -0.25) is 9.69 Å². The molecule has 0 aromatic heterocycles. The molecule has 2 aromatic carbocycles. The smallest absolute Gasteiger partial charge is 0.376 e. The number of carbonyl (C=O) groups excluding carboxylic acids is 1. The average Bonchev–Trinajstić information content (AvgIpc) is 3.01. The molecule has 1 aliphatic carbocycles. The number of hydrogen-bond donors (Lipinski definition) is 1. The van der Waals surface area contributed by atoms with Gasteiger partial charge in [-0.05, 0) is 80.7 Å². The Morgan fingerprint density at radius 3 is 2.09 bits per heavy atom. The van der Waals surface area contributed by atoms with Gasteiger partial charge in [-0.25, -0.2) is 0 Å². The van der Waals surface area contributed by atoms with Crippen molar-refractivity contribution >= 4 is 13.0 Å². The molecule has 0 spiro atoms. The Labute approximate surface area is 204 Å². The first-order valence-electron chi connectivity index (χ1n) is 13.1. The minimum Gasteiger partial charge on any atom is -0.437 e. The van der Waals surface area contributed by atoms with Crippen LogP contribution in [0.3, 0.4) is 0 Å². The van der Waals surface area contributed by atoms with Crippen molar-refractivity contribution in [3.63, 3.8) is 0 Å². The highest BCUT2D eigenvalue weighted by Gasteiger charge is 2.34. The van der Waals surface area contributed by atoms with Crippen LogP contribution in [-0.2, 0) is 17.6 Å². The minimum atomic E-state index is -0.441. The number of carbonyl (C=O) groups is 1. The SMILES string of the molecule is CB(O)N1CCN(C(=O)CC2CCN(C3c4ccccc4CCc4ccccc43)CC2)[C@@H](C)C1. The lowest BCUT2D eigenvalue weighted by atomic mass is 9.83. The molecule has 5 rings (SSSR count). The fraction of sp³-hybridized carbons (Fsp3) is 0.536. The van der Waals surface area contributed by atoms with E-state index in [0.717, 1.165) is 58.4 Å². The van der Waals surface area contributed by atoms with E-state index in [1.54, 1.807) is 0 Å². The maximum atomic E-state index is 13.1. The van der Waals surface area contributed by atoms with E-state index in [4.69, 9.17) is 0 Å². The molecule has 34 heavy (non-hydrogen) atoms. The molecule has 6 heteroatoms. The highest BCUT2D eigenvalue weighted by Crippen LogP contribution is 2.39. The summed E-state index contributed by atoms with van der Waals surface area (Å²) in [6, 6.07) is 18.5. The van der Waals surface area contributed by atoms with Gasteiger partial charge in [-0.15, -0.1) is 0 Å². The molecule has 1 atom stereocenters. The number of aryl methyl sites for hydroxylation is 2. The Bertz CT molecular complexity index is 957. The number of amides is 1. The van der Waals surface area contributed by atoms with E-state index in [0.29, 0.717) is 24.3 Å². The van der Waals surface area contributed by atoms with Crippen LogP contribution < -0.4 is 0 Å². The lowest BCUT2D eigenvalue weighted by Gasteiger charge is -2.42. The first-order valence-corrected chi connectivity index (χ1v) is 13.1. The van der Waals surface area contributed by atoms with E-state index in [-0.39, 0.29) is 6.04 Å². The van der Waals surface area contributed by atoms with E-state index < -0.39 is 7.05 Å². The summed E-state index contributed by atoms with van der Waals surface area (Å²) in [6.07, 6.45) is 5.03. The molecule has 1 N–H and O–H groups in total. The van der Waals surface area contributed by atoms with Crippen LogP contribution in [0.1, 0.15) is 54.5 Å². The Kier molecular flexibility index (Phi) is 7.10. The number of benzene rings is 2. The van der Waals surface area contributed by atoms with E-state index >= 15 is 0 Å². The van der Waals surface area contributed by atoms with Gasteiger partial charge in [0.1, 0.15) is 0 Å². The Balaban J connectivity index is 1.24. The third-order valence-electron chi connectivity index (χ3n) is 8.35. The van der Waals surface area contributed by atoms with Crippen molar-refractivity contribution in [3.8, 4) is 0 Å². The third-order valence-corrected chi connectivity index (χ3v) is 8.35. The van der Waals surface area contributed by atoms with Gasteiger partial charge in [-0.1, -0.05) is 48.5 Å². The predicted molar refractivity (Wildman–Crippen MR) is 138 cm³/mol. The van der Waals surface area contributed by atoms with Crippen molar-refractivity contribution in [3.05, 3.63) is 70.8 Å². The second-order valence-corrected chi connectivity index (χ2v) is 10.5. The second kappa shape index (κ2) is 10.2. The van der Waals surface area contributed by atoms with Gasteiger partial charge in [-0.2, -0.15) is 0 Å².